The van der Waals surface area contributed by atoms with E-state index in [0.717, 1.165) is 11.2 Å². The van der Waals surface area contributed by atoms with Crippen LogP contribution in [0.25, 0.3) is 16.9 Å². The van der Waals surface area contributed by atoms with Gasteiger partial charge in [0, 0.05) is 23.6 Å². The van der Waals surface area contributed by atoms with E-state index in [0.29, 0.717) is 16.9 Å². The monoisotopic (exact) mass is 333 g/mol. The highest BCUT2D eigenvalue weighted by Crippen LogP contribution is 2.24. The van der Waals surface area contributed by atoms with E-state index in [-0.39, 0.29) is 0 Å². The molecule has 2 heterocycles. The van der Waals surface area contributed by atoms with E-state index in [1.807, 2.05) is 35.9 Å². The van der Waals surface area contributed by atoms with Crippen molar-refractivity contribution in [1.29, 1.82) is 0 Å². The molecule has 0 saturated heterocycles. The van der Waals surface area contributed by atoms with Crippen molar-refractivity contribution in [3.63, 3.8) is 0 Å². The Morgan fingerprint density at radius 2 is 2.04 bits per heavy atom. The smallest absolute Gasteiger partial charge is 0.326 e. The number of benzene rings is 1. The van der Waals surface area contributed by atoms with Crippen molar-refractivity contribution in [2.24, 2.45) is 0 Å². The minimum absolute atomic E-state index is 0.301. The normalized spacial score (nSPS) is 11.7. The van der Waals surface area contributed by atoms with Crippen LogP contribution in [0.1, 0.15) is 12.0 Å². The van der Waals surface area contributed by atoms with Gasteiger partial charge < -0.3 is 9.72 Å². The molecule has 0 unspecified atom stereocenters. The number of halogens is 3. The summed E-state index contributed by atoms with van der Waals surface area (Å²) in [5, 5.41) is 2.26. The van der Waals surface area contributed by atoms with Crippen LogP contribution in [0.5, 0.6) is 0 Å². The topological polar surface area (TPSA) is 46.4 Å². The van der Waals surface area contributed by atoms with Crippen molar-refractivity contribution in [2.45, 2.75) is 19.5 Å². The zero-order valence-electron chi connectivity index (χ0n) is 12.8. The van der Waals surface area contributed by atoms with E-state index >= 15 is 0 Å². The van der Waals surface area contributed by atoms with Crippen LogP contribution >= 0.6 is 0 Å². The van der Waals surface area contributed by atoms with Gasteiger partial charge in [-0.1, -0.05) is 12.1 Å². The molecule has 3 aromatic rings. The van der Waals surface area contributed by atoms with Gasteiger partial charge in [-0.2, -0.15) is 13.2 Å². The quantitative estimate of drug-likeness (QED) is 0.781. The molecule has 0 aliphatic heterocycles. The lowest BCUT2D eigenvalue weighted by Gasteiger charge is -2.08. The summed E-state index contributed by atoms with van der Waals surface area (Å²) in [7, 11) is 0. The van der Waals surface area contributed by atoms with Gasteiger partial charge in [-0.3, -0.25) is 4.79 Å². The first-order valence-electron chi connectivity index (χ1n) is 7.22. The number of rotatable bonds is 3. The Morgan fingerprint density at radius 3 is 2.79 bits per heavy atom. The lowest BCUT2D eigenvalue weighted by Crippen LogP contribution is -2.21. The summed E-state index contributed by atoms with van der Waals surface area (Å²) in [5.74, 6) is -1.09. The molecule has 0 saturated carbocycles. The van der Waals surface area contributed by atoms with Gasteiger partial charge in [-0.25, -0.2) is 4.98 Å². The number of imidazole rings is 1. The maximum absolute atomic E-state index is 12.2. The number of hydrogen-bond acceptors (Lipinski definition) is 2. The summed E-state index contributed by atoms with van der Waals surface area (Å²) in [6.07, 6.45) is -2.33. The van der Waals surface area contributed by atoms with Gasteiger partial charge in [-0.15, -0.1) is 0 Å². The second kappa shape index (κ2) is 5.99. The van der Waals surface area contributed by atoms with Crippen LogP contribution in [0.3, 0.4) is 0 Å². The van der Waals surface area contributed by atoms with Gasteiger partial charge in [0.05, 0.1) is 5.69 Å². The molecule has 1 N–H and O–H groups in total. The number of aromatic nitrogens is 2. The van der Waals surface area contributed by atoms with Crippen molar-refractivity contribution >= 4 is 17.2 Å². The molecule has 124 valence electrons. The number of anilines is 1. The lowest BCUT2D eigenvalue weighted by molar-refractivity contribution is -0.150. The number of nitrogens with zero attached hydrogens (tertiary/aromatic N) is 2. The zero-order valence-corrected chi connectivity index (χ0v) is 12.8. The molecule has 2 aromatic heterocycles. The molecule has 0 aliphatic rings. The third-order valence-electron chi connectivity index (χ3n) is 3.42. The first kappa shape index (κ1) is 16.0. The predicted molar refractivity (Wildman–Crippen MR) is 84.7 cm³/mol. The van der Waals surface area contributed by atoms with Crippen LogP contribution < -0.4 is 5.32 Å². The van der Waals surface area contributed by atoms with Crippen LogP contribution in [-0.4, -0.2) is 21.5 Å². The largest absolute Gasteiger partial charge is 0.397 e. The Balaban J connectivity index is 1.85. The van der Waals surface area contributed by atoms with Gasteiger partial charge in [-0.05, 0) is 36.8 Å². The summed E-state index contributed by atoms with van der Waals surface area (Å²) in [5.41, 5.74) is 3.54. The van der Waals surface area contributed by atoms with Crippen molar-refractivity contribution < 1.29 is 18.0 Å². The average molecular weight is 333 g/mol. The molecule has 7 heteroatoms. The molecule has 4 nitrogen and oxygen atoms in total. The molecule has 1 amide bonds. The molecule has 3 rings (SSSR count). The molecule has 0 atom stereocenters. The van der Waals surface area contributed by atoms with Crippen molar-refractivity contribution in [3.05, 3.63) is 54.4 Å². The molecule has 24 heavy (non-hydrogen) atoms. The maximum Gasteiger partial charge on any atom is 0.397 e. The molecule has 0 fully saturated rings. The van der Waals surface area contributed by atoms with Crippen molar-refractivity contribution in [2.75, 3.05) is 5.32 Å². The number of carbonyl (C=O) groups excluding carboxylic acids is 1. The fraction of sp³-hybridized carbons (Fsp3) is 0.176. The van der Waals surface area contributed by atoms with Gasteiger partial charge in [0.15, 0.2) is 0 Å². The SMILES string of the molecule is Cc1ccn2cc(-c3cccc(NC(=O)CC(F)(F)F)c3)nc2c1. The van der Waals surface area contributed by atoms with E-state index < -0.39 is 18.5 Å². The Morgan fingerprint density at radius 1 is 1.25 bits per heavy atom. The van der Waals surface area contributed by atoms with Gasteiger partial charge >= 0.3 is 6.18 Å². The number of nitrogens with one attached hydrogen (secondary N) is 1. The minimum Gasteiger partial charge on any atom is -0.326 e. The summed E-state index contributed by atoms with van der Waals surface area (Å²) in [4.78, 5) is 15.9. The molecule has 0 spiro atoms. The second-order valence-corrected chi connectivity index (χ2v) is 5.52. The highest BCUT2D eigenvalue weighted by atomic mass is 19.4. The summed E-state index contributed by atoms with van der Waals surface area (Å²) < 4.78 is 38.5. The number of amides is 1. The number of alkyl halides is 3. The van der Waals surface area contributed by atoms with E-state index in [2.05, 4.69) is 10.3 Å². The number of carbonyl (C=O) groups is 1. The number of pyridine rings is 1. The Kier molecular flexibility index (Phi) is 4.01. The Hall–Kier alpha value is -2.83. The zero-order chi connectivity index (χ0) is 17.3. The van der Waals surface area contributed by atoms with E-state index in [1.165, 1.54) is 6.07 Å². The fourth-order valence-electron chi connectivity index (χ4n) is 2.37. The third kappa shape index (κ3) is 3.73. The lowest BCUT2D eigenvalue weighted by atomic mass is 10.1. The highest BCUT2D eigenvalue weighted by Gasteiger charge is 2.31. The van der Waals surface area contributed by atoms with E-state index in [1.54, 1.807) is 18.2 Å². The van der Waals surface area contributed by atoms with Crippen molar-refractivity contribution in [1.82, 2.24) is 9.38 Å². The van der Waals surface area contributed by atoms with Crippen molar-refractivity contribution in [3.8, 4) is 11.3 Å². The molecule has 0 bridgehead atoms. The molecule has 0 radical (unpaired) electrons. The third-order valence-corrected chi connectivity index (χ3v) is 3.42. The first-order valence-corrected chi connectivity index (χ1v) is 7.22. The summed E-state index contributed by atoms with van der Waals surface area (Å²) in [6.45, 7) is 1.96. The predicted octanol–water partition coefficient (Wildman–Crippen LogP) is 4.20. The maximum atomic E-state index is 12.2. The standard InChI is InChI=1S/C17H14F3N3O/c1-11-5-6-23-10-14(22-15(23)7-11)12-3-2-4-13(8-12)21-16(24)9-17(18,19)20/h2-8,10H,9H2,1H3,(H,21,24). The first-order chi connectivity index (χ1) is 11.3. The summed E-state index contributed by atoms with van der Waals surface area (Å²) in [6, 6.07) is 10.5. The fourth-order valence-corrected chi connectivity index (χ4v) is 2.37. The average Bonchev–Trinajstić information content (AvgIpc) is 2.88. The van der Waals surface area contributed by atoms with Gasteiger partial charge in [0.1, 0.15) is 12.1 Å². The van der Waals surface area contributed by atoms with Gasteiger partial charge in [0.25, 0.3) is 0 Å². The van der Waals surface area contributed by atoms with Crippen LogP contribution in [0, 0.1) is 6.92 Å². The molecular weight excluding hydrogens is 319 g/mol. The van der Waals surface area contributed by atoms with Crippen LogP contribution in [0.4, 0.5) is 18.9 Å². The highest BCUT2D eigenvalue weighted by molar-refractivity contribution is 5.91. The molecular formula is C17H14F3N3O. The number of fused-ring (bicyclic) bond motifs is 1. The van der Waals surface area contributed by atoms with Crippen LogP contribution in [0.15, 0.2) is 48.8 Å². The number of hydrogen-bond donors (Lipinski definition) is 1. The molecule has 0 aliphatic carbocycles. The Bertz CT molecular complexity index is 899. The van der Waals surface area contributed by atoms with E-state index in [9.17, 15) is 18.0 Å². The Labute approximate surface area is 135 Å². The van der Waals surface area contributed by atoms with Gasteiger partial charge in [0.2, 0.25) is 5.91 Å². The molecule has 1 aromatic carbocycles. The van der Waals surface area contributed by atoms with E-state index in [4.69, 9.17) is 0 Å². The van der Waals surface area contributed by atoms with Crippen LogP contribution in [0.2, 0.25) is 0 Å². The summed E-state index contributed by atoms with van der Waals surface area (Å²) >= 11 is 0. The van der Waals surface area contributed by atoms with Crippen LogP contribution in [-0.2, 0) is 4.79 Å². The minimum atomic E-state index is -4.53. The second-order valence-electron chi connectivity index (χ2n) is 5.52. The number of aryl methyl sites for hydroxylation is 1.